The second kappa shape index (κ2) is 7.13. The Labute approximate surface area is 143 Å². The van der Waals surface area contributed by atoms with E-state index in [0.29, 0.717) is 23.7 Å². The molecule has 21 heavy (non-hydrogen) atoms. The van der Waals surface area contributed by atoms with Crippen molar-refractivity contribution in [1.82, 2.24) is 0 Å². The number of halogens is 4. The largest absolute Gasteiger partial charge is 0.207 e. The first kappa shape index (κ1) is 16.8. The molecule has 0 amide bonds. The summed E-state index contributed by atoms with van der Waals surface area (Å²) in [5.41, 5.74) is 2.34. The van der Waals surface area contributed by atoms with Gasteiger partial charge in [0.2, 0.25) is 0 Å². The number of hydrogen-bond donors (Lipinski definition) is 0. The Balaban J connectivity index is 2.48. The van der Waals surface area contributed by atoms with E-state index < -0.39 is 5.41 Å². The fourth-order valence-electron chi connectivity index (χ4n) is 2.58. The first-order valence-corrected chi connectivity index (χ1v) is 8.50. The Morgan fingerprint density at radius 3 is 2.38 bits per heavy atom. The van der Waals surface area contributed by atoms with Crippen LogP contribution in [0.3, 0.4) is 0 Å². The Morgan fingerprint density at radius 2 is 1.76 bits per heavy atom. The summed E-state index contributed by atoms with van der Waals surface area (Å²) in [4.78, 5) is 0. The van der Waals surface area contributed by atoms with Crippen LogP contribution in [0.25, 0.3) is 0 Å². The van der Waals surface area contributed by atoms with Crippen LogP contribution >= 0.6 is 39.1 Å². The summed E-state index contributed by atoms with van der Waals surface area (Å²) in [5, 5.41) is 0. The van der Waals surface area contributed by atoms with E-state index in [1.807, 2.05) is 31.2 Å². The fraction of sp³-hybridized carbons (Fsp3) is 0.294. The lowest BCUT2D eigenvalue weighted by Gasteiger charge is -2.32. The van der Waals surface area contributed by atoms with E-state index in [0.717, 1.165) is 15.6 Å². The lowest BCUT2D eigenvalue weighted by atomic mass is 9.77. The molecule has 0 saturated carbocycles. The van der Waals surface area contributed by atoms with E-state index in [4.69, 9.17) is 23.2 Å². The van der Waals surface area contributed by atoms with Gasteiger partial charge in [0.25, 0.3) is 0 Å². The minimum Gasteiger partial charge on any atom is -0.207 e. The number of alkyl halides is 2. The summed E-state index contributed by atoms with van der Waals surface area (Å²) >= 11 is 15.9. The number of hydrogen-bond acceptors (Lipinski definition) is 0. The molecule has 4 heteroatoms. The molecule has 0 nitrogen and oxygen atoms in total. The molecule has 2 aromatic carbocycles. The Kier molecular flexibility index (Phi) is 5.70. The van der Waals surface area contributed by atoms with Crippen LogP contribution in [0, 0.1) is 12.7 Å². The van der Waals surface area contributed by atoms with Crippen LogP contribution in [0.15, 0.2) is 46.9 Å². The predicted octanol–water partition coefficient (Wildman–Crippen LogP) is 5.85. The number of rotatable bonds is 5. The molecule has 2 rings (SSSR count). The van der Waals surface area contributed by atoms with E-state index in [1.54, 1.807) is 12.1 Å². The highest BCUT2D eigenvalue weighted by Gasteiger charge is 2.33. The molecule has 0 aliphatic carbocycles. The van der Waals surface area contributed by atoms with Crippen molar-refractivity contribution >= 4 is 39.1 Å². The molecule has 0 saturated heterocycles. The van der Waals surface area contributed by atoms with Gasteiger partial charge in [0, 0.05) is 21.6 Å². The molecular formula is C17H16BrCl2F. The quantitative estimate of drug-likeness (QED) is 0.562. The predicted molar refractivity (Wildman–Crippen MR) is 92.1 cm³/mol. The third-order valence-corrected chi connectivity index (χ3v) is 5.28. The van der Waals surface area contributed by atoms with Crippen molar-refractivity contribution in [1.29, 1.82) is 0 Å². The highest BCUT2D eigenvalue weighted by atomic mass is 79.9. The van der Waals surface area contributed by atoms with Gasteiger partial charge in [0.05, 0.1) is 0 Å². The standard InChI is InChI=1S/C17H16BrCl2F/c1-12-4-2-3-5-15(12)17(10-19,11-20)9-13-8-14(18)6-7-16(13)21/h2-8H,9-11H2,1H3. The van der Waals surface area contributed by atoms with Gasteiger partial charge in [-0.3, -0.25) is 0 Å². The molecule has 0 aliphatic heterocycles. The van der Waals surface area contributed by atoms with Crippen LogP contribution in [-0.4, -0.2) is 11.8 Å². The second-order valence-electron chi connectivity index (χ2n) is 5.28. The summed E-state index contributed by atoms with van der Waals surface area (Å²) in [6, 6.07) is 12.9. The third kappa shape index (κ3) is 3.61. The molecule has 0 heterocycles. The molecule has 0 aliphatic rings. The normalized spacial score (nSPS) is 11.7. The van der Waals surface area contributed by atoms with Gasteiger partial charge in [-0.05, 0) is 48.2 Å². The van der Waals surface area contributed by atoms with Crippen molar-refractivity contribution in [3.63, 3.8) is 0 Å². The Bertz CT molecular complexity index is 624. The topological polar surface area (TPSA) is 0 Å². The molecule has 0 bridgehead atoms. The van der Waals surface area contributed by atoms with Crippen molar-refractivity contribution in [2.45, 2.75) is 18.8 Å². The van der Waals surface area contributed by atoms with Crippen molar-refractivity contribution in [3.05, 3.63) is 69.4 Å². The average Bonchev–Trinajstić information content (AvgIpc) is 2.49. The lowest BCUT2D eigenvalue weighted by molar-refractivity contribution is 0.509. The fourth-order valence-corrected chi connectivity index (χ4v) is 3.75. The van der Waals surface area contributed by atoms with Crippen molar-refractivity contribution in [3.8, 4) is 0 Å². The van der Waals surface area contributed by atoms with Crippen molar-refractivity contribution in [2.24, 2.45) is 0 Å². The first-order chi connectivity index (χ1) is 10.0. The average molecular weight is 390 g/mol. The van der Waals surface area contributed by atoms with Gasteiger partial charge >= 0.3 is 0 Å². The maximum absolute atomic E-state index is 14.1. The Morgan fingerprint density at radius 1 is 1.10 bits per heavy atom. The second-order valence-corrected chi connectivity index (χ2v) is 6.73. The van der Waals surface area contributed by atoms with Crippen LogP contribution in [-0.2, 0) is 11.8 Å². The van der Waals surface area contributed by atoms with Gasteiger partial charge in [-0.2, -0.15) is 0 Å². The molecule has 0 spiro atoms. The monoisotopic (exact) mass is 388 g/mol. The van der Waals surface area contributed by atoms with Crippen molar-refractivity contribution < 1.29 is 4.39 Å². The zero-order valence-corrected chi connectivity index (χ0v) is 14.8. The molecule has 0 radical (unpaired) electrons. The van der Waals surface area contributed by atoms with Crippen LogP contribution in [0.1, 0.15) is 16.7 Å². The summed E-state index contributed by atoms with van der Waals surface area (Å²) in [6.07, 6.45) is 0.468. The molecule has 2 aromatic rings. The lowest BCUT2D eigenvalue weighted by Crippen LogP contribution is -2.34. The summed E-state index contributed by atoms with van der Waals surface area (Å²) in [7, 11) is 0. The zero-order chi connectivity index (χ0) is 15.5. The minimum atomic E-state index is -0.476. The van der Waals surface area contributed by atoms with Crippen LogP contribution in [0.4, 0.5) is 4.39 Å². The minimum absolute atomic E-state index is 0.230. The maximum atomic E-state index is 14.1. The summed E-state index contributed by atoms with van der Waals surface area (Å²) in [5.74, 6) is 0.451. The SMILES string of the molecule is Cc1ccccc1C(CCl)(CCl)Cc1cc(Br)ccc1F. The molecule has 0 N–H and O–H groups in total. The number of aryl methyl sites for hydroxylation is 1. The zero-order valence-electron chi connectivity index (χ0n) is 11.7. The summed E-state index contributed by atoms with van der Waals surface area (Å²) < 4.78 is 14.9. The molecule has 0 unspecified atom stereocenters. The molecular weight excluding hydrogens is 374 g/mol. The van der Waals surface area contributed by atoms with E-state index in [2.05, 4.69) is 15.9 Å². The Hall–Kier alpha value is -0.570. The highest BCUT2D eigenvalue weighted by Crippen LogP contribution is 2.35. The highest BCUT2D eigenvalue weighted by molar-refractivity contribution is 9.10. The van der Waals surface area contributed by atoms with Crippen LogP contribution < -0.4 is 0 Å². The first-order valence-electron chi connectivity index (χ1n) is 6.64. The molecule has 112 valence electrons. The van der Waals surface area contributed by atoms with E-state index in [1.165, 1.54) is 6.07 Å². The van der Waals surface area contributed by atoms with Gasteiger partial charge in [-0.15, -0.1) is 23.2 Å². The van der Waals surface area contributed by atoms with E-state index in [9.17, 15) is 4.39 Å². The molecule has 0 fully saturated rings. The van der Waals surface area contributed by atoms with Gasteiger partial charge in [0.1, 0.15) is 5.82 Å². The van der Waals surface area contributed by atoms with Gasteiger partial charge < -0.3 is 0 Å². The van der Waals surface area contributed by atoms with Crippen LogP contribution in [0.2, 0.25) is 0 Å². The van der Waals surface area contributed by atoms with E-state index in [-0.39, 0.29) is 5.82 Å². The number of benzene rings is 2. The summed E-state index contributed by atoms with van der Waals surface area (Å²) in [6.45, 7) is 2.03. The maximum Gasteiger partial charge on any atom is 0.126 e. The van der Waals surface area contributed by atoms with E-state index >= 15 is 0 Å². The van der Waals surface area contributed by atoms with Crippen LogP contribution in [0.5, 0.6) is 0 Å². The van der Waals surface area contributed by atoms with Gasteiger partial charge in [0.15, 0.2) is 0 Å². The van der Waals surface area contributed by atoms with Gasteiger partial charge in [-0.25, -0.2) is 4.39 Å². The third-order valence-electron chi connectivity index (χ3n) is 3.76. The smallest absolute Gasteiger partial charge is 0.126 e. The molecule has 0 aromatic heterocycles. The van der Waals surface area contributed by atoms with Gasteiger partial charge in [-0.1, -0.05) is 40.2 Å². The molecule has 0 atom stereocenters. The van der Waals surface area contributed by atoms with Crippen molar-refractivity contribution in [2.75, 3.05) is 11.8 Å².